The van der Waals surface area contributed by atoms with Crippen LogP contribution in [0.3, 0.4) is 0 Å². The molecule has 0 radical (unpaired) electrons. The Labute approximate surface area is 126 Å². The van der Waals surface area contributed by atoms with E-state index in [0.717, 1.165) is 21.3 Å². The van der Waals surface area contributed by atoms with Crippen LogP contribution in [0.4, 0.5) is 0 Å². The van der Waals surface area contributed by atoms with Crippen molar-refractivity contribution >= 4 is 27.5 Å². The lowest BCUT2D eigenvalue weighted by molar-refractivity contribution is 0.301. The standard InChI is InChI=1S/C15H15BrClNO/c1-10(18)13-8-12(16)6-7-15(13)19-9-11-4-2-3-5-14(11)17/h2-8,10H,9,18H2,1H3/t10-/m1/s1. The molecule has 0 aliphatic rings. The molecule has 0 saturated heterocycles. The van der Waals surface area contributed by atoms with E-state index in [1.165, 1.54) is 0 Å². The van der Waals surface area contributed by atoms with Crippen molar-refractivity contribution in [2.45, 2.75) is 19.6 Å². The van der Waals surface area contributed by atoms with Crippen LogP contribution < -0.4 is 10.5 Å². The van der Waals surface area contributed by atoms with Gasteiger partial charge in [0.05, 0.1) is 0 Å². The highest BCUT2D eigenvalue weighted by molar-refractivity contribution is 9.10. The number of benzene rings is 2. The summed E-state index contributed by atoms with van der Waals surface area (Å²) in [6.45, 7) is 2.37. The Hall–Kier alpha value is -1.03. The van der Waals surface area contributed by atoms with Crippen molar-refractivity contribution in [1.29, 1.82) is 0 Å². The van der Waals surface area contributed by atoms with Crippen molar-refractivity contribution in [3.05, 3.63) is 63.1 Å². The molecule has 0 spiro atoms. The Morgan fingerprint density at radius 2 is 2.00 bits per heavy atom. The topological polar surface area (TPSA) is 35.2 Å². The van der Waals surface area contributed by atoms with E-state index in [0.29, 0.717) is 11.6 Å². The Morgan fingerprint density at radius 3 is 2.68 bits per heavy atom. The van der Waals surface area contributed by atoms with Crippen LogP contribution in [0.25, 0.3) is 0 Å². The molecule has 2 aromatic rings. The van der Waals surface area contributed by atoms with Gasteiger partial charge in [-0.2, -0.15) is 0 Å². The summed E-state index contributed by atoms with van der Waals surface area (Å²) in [4.78, 5) is 0. The molecule has 0 unspecified atom stereocenters. The maximum Gasteiger partial charge on any atom is 0.124 e. The van der Waals surface area contributed by atoms with Crippen molar-refractivity contribution in [3.8, 4) is 5.75 Å². The fourth-order valence-electron chi connectivity index (χ4n) is 1.78. The fourth-order valence-corrected chi connectivity index (χ4v) is 2.35. The van der Waals surface area contributed by atoms with Gasteiger partial charge in [0.1, 0.15) is 12.4 Å². The monoisotopic (exact) mass is 339 g/mol. The summed E-state index contributed by atoms with van der Waals surface area (Å²) < 4.78 is 6.83. The molecule has 2 rings (SSSR count). The van der Waals surface area contributed by atoms with Gasteiger partial charge in [-0.3, -0.25) is 0 Å². The average Bonchev–Trinajstić information content (AvgIpc) is 2.38. The summed E-state index contributed by atoms with van der Waals surface area (Å²) in [5.41, 5.74) is 7.89. The Kier molecular flexibility index (Phi) is 4.86. The third-order valence-corrected chi connectivity index (χ3v) is 3.67. The second-order valence-electron chi connectivity index (χ2n) is 4.35. The number of hydrogen-bond donors (Lipinski definition) is 1. The molecule has 0 saturated carbocycles. The van der Waals surface area contributed by atoms with Crippen LogP contribution in [0.15, 0.2) is 46.9 Å². The maximum absolute atomic E-state index is 6.11. The second kappa shape index (κ2) is 6.42. The maximum atomic E-state index is 6.11. The zero-order valence-electron chi connectivity index (χ0n) is 10.6. The highest BCUT2D eigenvalue weighted by atomic mass is 79.9. The molecule has 19 heavy (non-hydrogen) atoms. The summed E-state index contributed by atoms with van der Waals surface area (Å²) >= 11 is 9.55. The van der Waals surface area contributed by atoms with E-state index in [1.807, 2.05) is 49.4 Å². The van der Waals surface area contributed by atoms with Crippen LogP contribution in [0.1, 0.15) is 24.1 Å². The normalized spacial score (nSPS) is 12.2. The van der Waals surface area contributed by atoms with Crippen LogP contribution in [0.2, 0.25) is 5.02 Å². The largest absolute Gasteiger partial charge is 0.489 e. The molecule has 0 amide bonds. The van der Waals surface area contributed by atoms with Gasteiger partial charge in [-0.1, -0.05) is 45.7 Å². The SMILES string of the molecule is C[C@@H](N)c1cc(Br)ccc1OCc1ccccc1Cl. The van der Waals surface area contributed by atoms with Crippen molar-refractivity contribution < 1.29 is 4.74 Å². The Bertz CT molecular complexity index is 572. The van der Waals surface area contributed by atoms with Gasteiger partial charge in [0, 0.05) is 26.7 Å². The summed E-state index contributed by atoms with van der Waals surface area (Å²) in [6, 6.07) is 13.4. The smallest absolute Gasteiger partial charge is 0.124 e. The predicted molar refractivity (Wildman–Crippen MR) is 82.5 cm³/mol. The van der Waals surface area contributed by atoms with E-state index in [9.17, 15) is 0 Å². The van der Waals surface area contributed by atoms with Gasteiger partial charge in [-0.15, -0.1) is 0 Å². The highest BCUT2D eigenvalue weighted by Gasteiger charge is 2.09. The number of halogens is 2. The first-order chi connectivity index (χ1) is 9.08. The molecule has 2 aromatic carbocycles. The van der Waals surface area contributed by atoms with Crippen LogP contribution in [-0.4, -0.2) is 0 Å². The van der Waals surface area contributed by atoms with E-state index in [4.69, 9.17) is 22.1 Å². The van der Waals surface area contributed by atoms with Crippen molar-refractivity contribution in [1.82, 2.24) is 0 Å². The molecule has 0 aliphatic carbocycles. The molecule has 0 fully saturated rings. The van der Waals surface area contributed by atoms with Crippen molar-refractivity contribution in [2.75, 3.05) is 0 Å². The minimum absolute atomic E-state index is 0.0845. The van der Waals surface area contributed by atoms with Crippen LogP contribution in [-0.2, 0) is 6.61 Å². The molecule has 4 heteroatoms. The van der Waals surface area contributed by atoms with Crippen molar-refractivity contribution in [3.63, 3.8) is 0 Å². The summed E-state index contributed by atoms with van der Waals surface area (Å²) in [6.07, 6.45) is 0. The third kappa shape index (κ3) is 3.72. The first-order valence-corrected chi connectivity index (χ1v) is 7.16. The predicted octanol–water partition coefficient (Wildman–Crippen LogP) is 4.70. The number of hydrogen-bond acceptors (Lipinski definition) is 2. The van der Waals surface area contributed by atoms with E-state index in [-0.39, 0.29) is 6.04 Å². The van der Waals surface area contributed by atoms with E-state index in [2.05, 4.69) is 15.9 Å². The van der Waals surface area contributed by atoms with Gasteiger partial charge >= 0.3 is 0 Å². The molecule has 0 bridgehead atoms. The molecule has 1 atom stereocenters. The van der Waals surface area contributed by atoms with Gasteiger partial charge in [0.2, 0.25) is 0 Å². The minimum atomic E-state index is -0.0845. The first kappa shape index (κ1) is 14.4. The lowest BCUT2D eigenvalue weighted by atomic mass is 10.1. The number of rotatable bonds is 4. The van der Waals surface area contributed by atoms with Gasteiger partial charge < -0.3 is 10.5 Å². The van der Waals surface area contributed by atoms with Gasteiger partial charge in [-0.25, -0.2) is 0 Å². The summed E-state index contributed by atoms with van der Waals surface area (Å²) in [5, 5.41) is 0.710. The third-order valence-electron chi connectivity index (χ3n) is 2.80. The first-order valence-electron chi connectivity index (χ1n) is 5.99. The molecule has 0 aliphatic heterocycles. The highest BCUT2D eigenvalue weighted by Crippen LogP contribution is 2.28. The second-order valence-corrected chi connectivity index (χ2v) is 5.67. The molecular formula is C15H15BrClNO. The van der Waals surface area contributed by atoms with E-state index >= 15 is 0 Å². The zero-order chi connectivity index (χ0) is 13.8. The lowest BCUT2D eigenvalue weighted by Gasteiger charge is -2.15. The molecule has 0 aromatic heterocycles. The number of nitrogens with two attached hydrogens (primary N) is 1. The zero-order valence-corrected chi connectivity index (χ0v) is 12.9. The van der Waals surface area contributed by atoms with Crippen molar-refractivity contribution in [2.24, 2.45) is 5.73 Å². The van der Waals surface area contributed by atoms with Crippen LogP contribution in [0, 0.1) is 0 Å². The lowest BCUT2D eigenvalue weighted by Crippen LogP contribution is -2.08. The average molecular weight is 341 g/mol. The molecule has 100 valence electrons. The Morgan fingerprint density at radius 1 is 1.26 bits per heavy atom. The summed E-state index contributed by atoms with van der Waals surface area (Å²) in [5.74, 6) is 0.790. The molecule has 2 nitrogen and oxygen atoms in total. The van der Waals surface area contributed by atoms with Gasteiger partial charge in [0.25, 0.3) is 0 Å². The molecule has 2 N–H and O–H groups in total. The fraction of sp³-hybridized carbons (Fsp3) is 0.200. The molecule has 0 heterocycles. The van der Waals surface area contributed by atoms with Crippen LogP contribution >= 0.6 is 27.5 Å². The van der Waals surface area contributed by atoms with E-state index < -0.39 is 0 Å². The van der Waals surface area contributed by atoms with E-state index in [1.54, 1.807) is 0 Å². The summed E-state index contributed by atoms with van der Waals surface area (Å²) in [7, 11) is 0. The van der Waals surface area contributed by atoms with Crippen LogP contribution in [0.5, 0.6) is 5.75 Å². The quantitative estimate of drug-likeness (QED) is 0.875. The van der Waals surface area contributed by atoms with Gasteiger partial charge in [-0.05, 0) is 31.2 Å². The minimum Gasteiger partial charge on any atom is -0.489 e. The molecular weight excluding hydrogens is 326 g/mol. The van der Waals surface area contributed by atoms with Gasteiger partial charge in [0.15, 0.2) is 0 Å². The number of ether oxygens (including phenoxy) is 1. The Balaban J connectivity index is 2.18.